The molecule has 80 valence electrons. The third kappa shape index (κ3) is 2.13. The molecule has 14 heavy (non-hydrogen) atoms. The Hall–Kier alpha value is -0.880. The van der Waals surface area contributed by atoms with Crippen LogP contribution in [0, 0.1) is 6.92 Å². The minimum Gasteiger partial charge on any atom is -0.247 e. The van der Waals surface area contributed by atoms with Crippen LogP contribution >= 0.6 is 0 Å². The molecule has 5 nitrogen and oxygen atoms in total. The summed E-state index contributed by atoms with van der Waals surface area (Å²) in [5, 5.41) is 9.24. The van der Waals surface area contributed by atoms with Gasteiger partial charge in [0.05, 0.1) is 11.2 Å². The molecule has 0 saturated carbocycles. The van der Waals surface area contributed by atoms with E-state index >= 15 is 0 Å². The molecule has 0 radical (unpaired) electrons. The van der Waals surface area contributed by atoms with Gasteiger partial charge in [-0.05, 0) is 33.8 Å². The topological polar surface area (TPSA) is 78.0 Å². The zero-order chi connectivity index (χ0) is 11.1. The van der Waals surface area contributed by atoms with Gasteiger partial charge in [-0.3, -0.25) is 0 Å². The molecule has 1 rings (SSSR count). The molecule has 0 aliphatic carbocycles. The Balaban J connectivity index is 3.46. The second kappa shape index (κ2) is 3.06. The third-order valence-electron chi connectivity index (χ3n) is 1.73. The Bertz CT molecular complexity index is 440. The molecule has 0 amide bonds. The van der Waals surface area contributed by atoms with Gasteiger partial charge < -0.3 is 0 Å². The largest absolute Gasteiger partial charge is 0.255 e. The maximum atomic E-state index is 11.2. The van der Waals surface area contributed by atoms with Crippen molar-refractivity contribution in [3.8, 4) is 0 Å². The summed E-state index contributed by atoms with van der Waals surface area (Å²) in [6.45, 7) is 7.34. The quantitative estimate of drug-likeness (QED) is 0.748. The van der Waals surface area contributed by atoms with Gasteiger partial charge in [-0.2, -0.15) is 5.10 Å². The highest BCUT2D eigenvalue weighted by Crippen LogP contribution is 2.19. The number of nitrogens with two attached hydrogens (primary N) is 1. The predicted octanol–water partition coefficient (Wildman–Crippen LogP) is 0.594. The van der Waals surface area contributed by atoms with Crippen LogP contribution in [-0.2, 0) is 15.6 Å². The average Bonchev–Trinajstić information content (AvgIpc) is 2.27. The van der Waals surface area contributed by atoms with Crippen molar-refractivity contribution in [3.05, 3.63) is 11.8 Å². The normalized spacial score (nSPS) is 13.2. The Morgan fingerprint density at radius 1 is 1.43 bits per heavy atom. The van der Waals surface area contributed by atoms with Crippen LogP contribution in [0.1, 0.15) is 26.5 Å². The van der Waals surface area contributed by atoms with Gasteiger partial charge in [-0.15, -0.1) is 0 Å². The van der Waals surface area contributed by atoms with Crippen LogP contribution in [0.5, 0.6) is 0 Å². The van der Waals surface area contributed by atoms with Crippen molar-refractivity contribution < 1.29 is 8.42 Å². The Labute approximate surface area is 84.0 Å². The smallest absolute Gasteiger partial charge is 0.247 e. The molecule has 0 saturated heterocycles. The fourth-order valence-corrected chi connectivity index (χ4v) is 2.05. The van der Waals surface area contributed by atoms with E-state index in [9.17, 15) is 8.42 Å². The van der Waals surface area contributed by atoms with Crippen LogP contribution in [0.4, 0.5) is 0 Å². The Morgan fingerprint density at radius 2 is 1.93 bits per heavy atom. The van der Waals surface area contributed by atoms with Crippen LogP contribution in [0.25, 0.3) is 0 Å². The molecule has 0 fully saturated rings. The van der Waals surface area contributed by atoms with E-state index in [2.05, 4.69) is 5.10 Å². The number of primary sulfonamides is 1. The average molecular weight is 217 g/mol. The van der Waals surface area contributed by atoms with Crippen molar-refractivity contribution in [2.45, 2.75) is 38.3 Å². The first-order chi connectivity index (χ1) is 6.12. The molecule has 0 aliphatic heterocycles. The van der Waals surface area contributed by atoms with Crippen molar-refractivity contribution in [3.63, 3.8) is 0 Å². The Kier molecular flexibility index (Phi) is 2.45. The summed E-state index contributed by atoms with van der Waals surface area (Å²) >= 11 is 0. The second-order valence-electron chi connectivity index (χ2n) is 4.25. The van der Waals surface area contributed by atoms with Crippen LogP contribution in [0.15, 0.2) is 11.1 Å². The highest BCUT2D eigenvalue weighted by Gasteiger charge is 2.24. The summed E-state index contributed by atoms with van der Waals surface area (Å²) in [6, 6.07) is 1.47. The summed E-state index contributed by atoms with van der Waals surface area (Å²) in [5.74, 6) is 0. The van der Waals surface area contributed by atoms with Crippen molar-refractivity contribution in [2.24, 2.45) is 5.14 Å². The third-order valence-corrected chi connectivity index (χ3v) is 2.60. The van der Waals surface area contributed by atoms with Gasteiger partial charge >= 0.3 is 0 Å². The van der Waals surface area contributed by atoms with E-state index < -0.39 is 15.6 Å². The maximum absolute atomic E-state index is 11.2. The molecule has 2 N–H and O–H groups in total. The first kappa shape index (κ1) is 11.2. The first-order valence-corrected chi connectivity index (χ1v) is 5.77. The predicted molar refractivity (Wildman–Crippen MR) is 53.3 cm³/mol. The van der Waals surface area contributed by atoms with Crippen LogP contribution in [-0.4, -0.2) is 18.2 Å². The summed E-state index contributed by atoms with van der Waals surface area (Å²) < 4.78 is 23.9. The van der Waals surface area contributed by atoms with Crippen molar-refractivity contribution in [1.82, 2.24) is 9.78 Å². The number of nitrogens with zero attached hydrogens (tertiary/aromatic N) is 2. The summed E-state index contributed by atoms with van der Waals surface area (Å²) in [5.41, 5.74) is 0.250. The fraction of sp³-hybridized carbons (Fsp3) is 0.625. The highest BCUT2D eigenvalue weighted by atomic mass is 32.2. The molecule has 0 aliphatic rings. The van der Waals surface area contributed by atoms with E-state index in [1.165, 1.54) is 10.7 Å². The molecule has 1 aromatic heterocycles. The number of hydrogen-bond acceptors (Lipinski definition) is 3. The molecule has 1 heterocycles. The van der Waals surface area contributed by atoms with E-state index in [1.807, 2.05) is 20.8 Å². The van der Waals surface area contributed by atoms with Gasteiger partial charge in [-0.25, -0.2) is 18.2 Å². The molecule has 6 heteroatoms. The minimum atomic E-state index is -3.70. The lowest BCUT2D eigenvalue weighted by atomic mass is 10.1. The van der Waals surface area contributed by atoms with E-state index in [-0.39, 0.29) is 5.03 Å². The summed E-state index contributed by atoms with van der Waals surface area (Å²) in [6.07, 6.45) is 0. The van der Waals surface area contributed by atoms with Crippen molar-refractivity contribution in [2.75, 3.05) is 0 Å². The number of aromatic nitrogens is 2. The lowest BCUT2D eigenvalue weighted by Crippen LogP contribution is -2.29. The number of hydrogen-bond donors (Lipinski definition) is 1. The van der Waals surface area contributed by atoms with Gasteiger partial charge in [0.2, 0.25) is 0 Å². The first-order valence-electron chi connectivity index (χ1n) is 4.22. The molecule has 0 spiro atoms. The molecule has 0 unspecified atom stereocenters. The second-order valence-corrected chi connectivity index (χ2v) is 5.76. The van der Waals surface area contributed by atoms with Gasteiger partial charge in [0.25, 0.3) is 10.0 Å². The van der Waals surface area contributed by atoms with Gasteiger partial charge in [-0.1, -0.05) is 0 Å². The molecule has 1 aromatic rings. The monoisotopic (exact) mass is 217 g/mol. The lowest BCUT2D eigenvalue weighted by molar-refractivity contribution is 0.324. The molecule has 0 aromatic carbocycles. The minimum absolute atomic E-state index is 0.0579. The van der Waals surface area contributed by atoms with Gasteiger partial charge in [0.1, 0.15) is 0 Å². The molecule has 0 bridgehead atoms. The number of rotatable bonds is 1. The maximum Gasteiger partial charge on any atom is 0.255 e. The lowest BCUT2D eigenvalue weighted by Gasteiger charge is -2.21. The van der Waals surface area contributed by atoms with Crippen LogP contribution in [0.2, 0.25) is 0 Å². The molecular weight excluding hydrogens is 202 g/mol. The SMILES string of the molecule is Cc1cc(S(N)(=O)=O)n(C(C)(C)C)n1. The van der Waals surface area contributed by atoms with E-state index in [0.717, 1.165) is 0 Å². The van der Waals surface area contributed by atoms with E-state index in [4.69, 9.17) is 5.14 Å². The van der Waals surface area contributed by atoms with E-state index in [1.54, 1.807) is 6.92 Å². The number of aryl methyl sites for hydroxylation is 1. The zero-order valence-corrected chi connectivity index (χ0v) is 9.59. The van der Waals surface area contributed by atoms with Crippen molar-refractivity contribution >= 4 is 10.0 Å². The van der Waals surface area contributed by atoms with Crippen molar-refractivity contribution in [1.29, 1.82) is 0 Å². The summed E-state index contributed by atoms with van der Waals surface area (Å²) in [7, 11) is -3.70. The van der Waals surface area contributed by atoms with Crippen LogP contribution in [0.3, 0.4) is 0 Å². The molecule has 0 atom stereocenters. The highest BCUT2D eigenvalue weighted by molar-refractivity contribution is 7.89. The van der Waals surface area contributed by atoms with E-state index in [0.29, 0.717) is 5.69 Å². The fourth-order valence-electron chi connectivity index (χ4n) is 1.16. The van der Waals surface area contributed by atoms with Gasteiger partial charge in [0.15, 0.2) is 5.03 Å². The molecular formula is C8H15N3O2S. The van der Waals surface area contributed by atoms with Crippen LogP contribution < -0.4 is 5.14 Å². The standard InChI is InChI=1S/C8H15N3O2S/c1-6-5-7(14(9,12)13)11(10-6)8(2,3)4/h5H,1-4H3,(H2,9,12,13). The summed E-state index contributed by atoms with van der Waals surface area (Å²) in [4.78, 5) is 0. The van der Waals surface area contributed by atoms with Gasteiger partial charge in [0, 0.05) is 0 Å². The zero-order valence-electron chi connectivity index (χ0n) is 8.77. The Morgan fingerprint density at radius 3 is 2.21 bits per heavy atom. The number of sulfonamides is 1.